The molecule has 1 aromatic rings. The van der Waals surface area contributed by atoms with Gasteiger partial charge in [-0.25, -0.2) is 0 Å². The minimum atomic E-state index is -0.755. The van der Waals surface area contributed by atoms with Crippen LogP contribution in [0.1, 0.15) is 12.0 Å². The molecule has 2 fully saturated rings. The summed E-state index contributed by atoms with van der Waals surface area (Å²) in [6.45, 7) is 0. The second-order valence-corrected chi connectivity index (χ2v) is 6.58. The van der Waals surface area contributed by atoms with Gasteiger partial charge in [0.1, 0.15) is 0 Å². The zero-order valence-corrected chi connectivity index (χ0v) is 13.7. The number of amides is 2. The van der Waals surface area contributed by atoms with Gasteiger partial charge in [-0.05, 0) is 24.3 Å². The van der Waals surface area contributed by atoms with Crippen molar-refractivity contribution in [1.29, 1.82) is 0 Å². The van der Waals surface area contributed by atoms with Crippen molar-refractivity contribution in [3.8, 4) is 11.5 Å². The molecule has 26 heavy (non-hydrogen) atoms. The summed E-state index contributed by atoms with van der Waals surface area (Å²) in [5, 5.41) is 25.6. The van der Waals surface area contributed by atoms with Gasteiger partial charge in [-0.1, -0.05) is 12.2 Å². The quantitative estimate of drug-likeness (QED) is 0.286. The highest BCUT2D eigenvalue weighted by Gasteiger charge is 2.59. The molecule has 2 bridgehead atoms. The number of benzene rings is 1. The highest BCUT2D eigenvalue weighted by Crippen LogP contribution is 2.52. The minimum Gasteiger partial charge on any atom is -0.500 e. The second kappa shape index (κ2) is 5.65. The monoisotopic (exact) mass is 357 g/mol. The first-order valence-electron chi connectivity index (χ1n) is 8.08. The number of hydrogen-bond acceptors (Lipinski definition) is 7. The van der Waals surface area contributed by atoms with E-state index < -0.39 is 16.4 Å². The molecule has 1 aliphatic heterocycles. The number of nitro groups is 1. The number of nitro benzene ring substituents is 1. The molecule has 1 aromatic carbocycles. The van der Waals surface area contributed by atoms with Gasteiger partial charge in [-0.2, -0.15) is 10.1 Å². The number of methoxy groups -OCH3 is 1. The summed E-state index contributed by atoms with van der Waals surface area (Å²) in [5.74, 6) is -1.94. The molecule has 4 rings (SSSR count). The first kappa shape index (κ1) is 16.2. The Hall–Kier alpha value is -3.23. The maximum atomic E-state index is 12.5. The van der Waals surface area contributed by atoms with Crippen LogP contribution in [-0.2, 0) is 9.59 Å². The molecular formula is C17H15N3O6. The summed E-state index contributed by atoms with van der Waals surface area (Å²) >= 11 is 0. The van der Waals surface area contributed by atoms with E-state index in [1.54, 1.807) is 0 Å². The molecule has 4 atom stereocenters. The number of imide groups is 1. The van der Waals surface area contributed by atoms with Crippen molar-refractivity contribution in [3.05, 3.63) is 40.0 Å². The molecule has 1 N–H and O–H groups in total. The fourth-order valence-electron chi connectivity index (χ4n) is 4.11. The van der Waals surface area contributed by atoms with E-state index in [2.05, 4.69) is 5.10 Å². The number of ether oxygens (including phenoxy) is 1. The van der Waals surface area contributed by atoms with Gasteiger partial charge in [0.25, 0.3) is 11.8 Å². The van der Waals surface area contributed by atoms with Gasteiger partial charge in [0.05, 0.1) is 30.1 Å². The highest BCUT2D eigenvalue weighted by molar-refractivity contribution is 6.06. The van der Waals surface area contributed by atoms with Gasteiger partial charge < -0.3 is 9.84 Å². The molecule has 1 saturated carbocycles. The lowest BCUT2D eigenvalue weighted by Crippen LogP contribution is -2.28. The number of carbonyl (C=O) groups excluding carboxylic acids is 2. The summed E-state index contributed by atoms with van der Waals surface area (Å²) < 4.78 is 4.92. The van der Waals surface area contributed by atoms with E-state index >= 15 is 0 Å². The molecular weight excluding hydrogens is 342 g/mol. The van der Waals surface area contributed by atoms with Crippen molar-refractivity contribution < 1.29 is 24.4 Å². The SMILES string of the molecule is COc1cc(C=NN2C(=O)C3C4C=CC(C4)C3C2=O)cc([N+](=O)[O-])c1O. The van der Waals surface area contributed by atoms with Crippen molar-refractivity contribution in [3.63, 3.8) is 0 Å². The summed E-state index contributed by atoms with van der Waals surface area (Å²) in [6, 6.07) is 2.43. The first-order chi connectivity index (χ1) is 12.4. The van der Waals surface area contributed by atoms with E-state index in [1.807, 2.05) is 12.2 Å². The van der Waals surface area contributed by atoms with Crippen LogP contribution in [0.3, 0.4) is 0 Å². The fraction of sp³-hybridized carbons (Fsp3) is 0.353. The van der Waals surface area contributed by atoms with Crippen molar-refractivity contribution in [2.24, 2.45) is 28.8 Å². The molecule has 0 radical (unpaired) electrons. The average molecular weight is 357 g/mol. The second-order valence-electron chi connectivity index (χ2n) is 6.58. The van der Waals surface area contributed by atoms with E-state index in [9.17, 15) is 24.8 Å². The van der Waals surface area contributed by atoms with Gasteiger partial charge in [-0.3, -0.25) is 19.7 Å². The molecule has 0 aromatic heterocycles. The normalized spacial score (nSPS) is 29.0. The van der Waals surface area contributed by atoms with Crippen molar-refractivity contribution in [2.75, 3.05) is 7.11 Å². The summed E-state index contributed by atoms with van der Waals surface area (Å²) in [4.78, 5) is 35.4. The Balaban J connectivity index is 1.63. The first-order valence-corrected chi connectivity index (χ1v) is 8.08. The molecule has 3 aliphatic rings. The average Bonchev–Trinajstić information content (AvgIpc) is 3.28. The lowest BCUT2D eigenvalue weighted by molar-refractivity contribution is -0.386. The number of aromatic hydroxyl groups is 1. The van der Waals surface area contributed by atoms with Crippen LogP contribution >= 0.6 is 0 Å². The molecule has 2 aliphatic carbocycles. The standard InChI is InChI=1S/C17H15N3O6/c1-26-12-5-8(4-11(15(12)21)20(24)25)7-18-19-16(22)13-9-2-3-10(6-9)14(13)17(19)23/h2-5,7,9-10,13-14,21H,6H2,1H3. The number of hydrogen-bond donors (Lipinski definition) is 1. The van der Waals surface area contributed by atoms with E-state index in [0.29, 0.717) is 0 Å². The van der Waals surface area contributed by atoms with Crippen LogP contribution in [0.15, 0.2) is 29.4 Å². The maximum Gasteiger partial charge on any atom is 0.315 e. The Morgan fingerprint density at radius 3 is 2.42 bits per heavy atom. The van der Waals surface area contributed by atoms with Crippen molar-refractivity contribution in [1.82, 2.24) is 5.01 Å². The Morgan fingerprint density at radius 2 is 1.88 bits per heavy atom. The van der Waals surface area contributed by atoms with Gasteiger partial charge in [-0.15, -0.1) is 0 Å². The zero-order valence-electron chi connectivity index (χ0n) is 13.7. The highest BCUT2D eigenvalue weighted by atomic mass is 16.6. The third kappa shape index (κ3) is 2.20. The number of rotatable bonds is 4. The van der Waals surface area contributed by atoms with Gasteiger partial charge >= 0.3 is 5.69 Å². The Labute approximate surface area is 147 Å². The van der Waals surface area contributed by atoms with Crippen molar-refractivity contribution >= 4 is 23.7 Å². The van der Waals surface area contributed by atoms with Gasteiger partial charge in [0.2, 0.25) is 5.75 Å². The lowest BCUT2D eigenvalue weighted by Gasteiger charge is -2.13. The number of carbonyl (C=O) groups is 2. The summed E-state index contributed by atoms with van der Waals surface area (Å²) in [6.07, 6.45) is 5.98. The topological polar surface area (TPSA) is 122 Å². The van der Waals surface area contributed by atoms with Crippen molar-refractivity contribution in [2.45, 2.75) is 6.42 Å². The number of phenolic OH excluding ortho intramolecular Hbond substituents is 1. The fourth-order valence-corrected chi connectivity index (χ4v) is 4.11. The smallest absolute Gasteiger partial charge is 0.315 e. The number of allylic oxidation sites excluding steroid dienone is 2. The maximum absolute atomic E-state index is 12.5. The predicted molar refractivity (Wildman–Crippen MR) is 88.5 cm³/mol. The van der Waals surface area contributed by atoms with E-state index in [0.717, 1.165) is 17.5 Å². The molecule has 2 amide bonds. The third-order valence-corrected chi connectivity index (χ3v) is 5.26. The zero-order chi connectivity index (χ0) is 18.6. The largest absolute Gasteiger partial charge is 0.500 e. The molecule has 9 nitrogen and oxygen atoms in total. The van der Waals surface area contributed by atoms with Crippen LogP contribution in [0.4, 0.5) is 5.69 Å². The number of hydrazone groups is 1. The molecule has 1 heterocycles. The van der Waals surface area contributed by atoms with E-state index in [-0.39, 0.29) is 46.8 Å². The van der Waals surface area contributed by atoms with E-state index in [1.165, 1.54) is 19.4 Å². The van der Waals surface area contributed by atoms with E-state index in [4.69, 9.17) is 4.74 Å². The van der Waals surface area contributed by atoms with Gasteiger partial charge in [0.15, 0.2) is 5.75 Å². The molecule has 1 saturated heterocycles. The third-order valence-electron chi connectivity index (χ3n) is 5.26. The van der Waals surface area contributed by atoms with Crippen LogP contribution in [0.25, 0.3) is 0 Å². The van der Waals surface area contributed by atoms with Crippen LogP contribution in [0, 0.1) is 33.8 Å². The van der Waals surface area contributed by atoms with Crippen LogP contribution in [-0.4, -0.2) is 40.2 Å². The van der Waals surface area contributed by atoms with Crippen LogP contribution in [0.5, 0.6) is 11.5 Å². The Kier molecular flexibility index (Phi) is 3.53. The minimum absolute atomic E-state index is 0.0801. The molecule has 9 heteroatoms. The van der Waals surface area contributed by atoms with Gasteiger partial charge in [0, 0.05) is 11.6 Å². The van der Waals surface area contributed by atoms with Crippen LogP contribution in [0.2, 0.25) is 0 Å². The summed E-state index contributed by atoms with van der Waals surface area (Å²) in [5.41, 5.74) is -0.325. The molecule has 0 spiro atoms. The number of fused-ring (bicyclic) bond motifs is 5. The Morgan fingerprint density at radius 1 is 1.27 bits per heavy atom. The van der Waals surface area contributed by atoms with Crippen LogP contribution < -0.4 is 4.74 Å². The summed E-state index contributed by atoms with van der Waals surface area (Å²) in [7, 11) is 1.26. The Bertz CT molecular complexity index is 863. The predicted octanol–water partition coefficient (Wildman–Crippen LogP) is 1.45. The lowest BCUT2D eigenvalue weighted by atomic mass is 9.85. The number of phenols is 1. The molecule has 4 unspecified atom stereocenters. The number of nitrogens with zero attached hydrogens (tertiary/aromatic N) is 3. The molecule has 134 valence electrons.